The zero-order chi connectivity index (χ0) is 49.3. The summed E-state index contributed by atoms with van der Waals surface area (Å²) < 4.78 is 16.9. The molecule has 0 aliphatic rings. The van der Waals surface area contributed by atoms with Gasteiger partial charge in [0.1, 0.15) is 13.2 Å². The van der Waals surface area contributed by atoms with Crippen molar-refractivity contribution in [1.82, 2.24) is 0 Å². The van der Waals surface area contributed by atoms with Gasteiger partial charge in [0.15, 0.2) is 6.10 Å². The summed E-state index contributed by atoms with van der Waals surface area (Å²) in [5, 5.41) is 0. The molecule has 0 bridgehead atoms. The highest BCUT2D eigenvalue weighted by Gasteiger charge is 2.19. The molecule has 0 saturated heterocycles. The van der Waals surface area contributed by atoms with Crippen LogP contribution in [-0.4, -0.2) is 37.2 Å². The van der Waals surface area contributed by atoms with E-state index in [0.717, 1.165) is 57.8 Å². The molecule has 0 aromatic heterocycles. The van der Waals surface area contributed by atoms with Crippen LogP contribution in [0.5, 0.6) is 0 Å². The summed E-state index contributed by atoms with van der Waals surface area (Å²) in [5.74, 6) is -0.826. The van der Waals surface area contributed by atoms with Crippen LogP contribution in [0.4, 0.5) is 0 Å². The van der Waals surface area contributed by atoms with Crippen molar-refractivity contribution in [2.75, 3.05) is 13.2 Å². The molecular weight excluding hydrogens is 841 g/mol. The van der Waals surface area contributed by atoms with Crippen molar-refractivity contribution in [3.8, 4) is 0 Å². The molecule has 1 atom stereocenters. The molecule has 6 nitrogen and oxygen atoms in total. The lowest BCUT2D eigenvalue weighted by Gasteiger charge is -2.18. The van der Waals surface area contributed by atoms with Crippen molar-refractivity contribution < 1.29 is 28.6 Å². The molecule has 0 aromatic rings. The molecular formula is C62H120O6. The number of hydrogen-bond donors (Lipinski definition) is 0. The highest BCUT2D eigenvalue weighted by Crippen LogP contribution is 2.18. The minimum absolute atomic E-state index is 0.0606. The normalized spacial score (nSPS) is 11.9. The second-order valence-corrected chi connectivity index (χ2v) is 21.3. The lowest BCUT2D eigenvalue weighted by molar-refractivity contribution is -0.167. The molecule has 0 amide bonds. The predicted octanol–water partition coefficient (Wildman–Crippen LogP) is 20.7. The summed E-state index contributed by atoms with van der Waals surface area (Å²) in [6, 6.07) is 0. The lowest BCUT2D eigenvalue weighted by atomic mass is 10.0. The number of ether oxygens (including phenoxy) is 3. The maximum atomic E-state index is 12.9. The van der Waals surface area contributed by atoms with E-state index in [1.807, 2.05) is 0 Å². The number of esters is 3. The van der Waals surface area contributed by atoms with E-state index in [9.17, 15) is 14.4 Å². The van der Waals surface area contributed by atoms with Crippen LogP contribution in [0.15, 0.2) is 0 Å². The largest absolute Gasteiger partial charge is 0.462 e. The number of unbranched alkanes of at least 4 members (excludes halogenated alkanes) is 47. The third-order valence-electron chi connectivity index (χ3n) is 14.4. The number of rotatable bonds is 58. The van der Waals surface area contributed by atoms with Crippen LogP contribution in [0.2, 0.25) is 0 Å². The van der Waals surface area contributed by atoms with Crippen molar-refractivity contribution in [2.24, 2.45) is 0 Å². The molecule has 0 heterocycles. The van der Waals surface area contributed by atoms with Crippen molar-refractivity contribution in [3.05, 3.63) is 0 Å². The molecule has 0 rings (SSSR count). The summed E-state index contributed by atoms with van der Waals surface area (Å²) in [6.45, 7) is 6.72. The molecule has 0 radical (unpaired) electrons. The Morgan fingerprint density at radius 2 is 0.397 bits per heavy atom. The number of carbonyl (C=O) groups excluding carboxylic acids is 3. The van der Waals surface area contributed by atoms with E-state index in [4.69, 9.17) is 14.2 Å². The van der Waals surface area contributed by atoms with Crippen LogP contribution in [0.25, 0.3) is 0 Å². The van der Waals surface area contributed by atoms with Crippen molar-refractivity contribution in [3.63, 3.8) is 0 Å². The summed E-state index contributed by atoms with van der Waals surface area (Å²) in [6.07, 6.45) is 65.3. The Morgan fingerprint density at radius 1 is 0.235 bits per heavy atom. The zero-order valence-electron chi connectivity index (χ0n) is 46.4. The molecule has 0 aromatic carbocycles. The molecule has 1 unspecified atom stereocenters. The van der Waals surface area contributed by atoms with Gasteiger partial charge in [-0.15, -0.1) is 0 Å². The van der Waals surface area contributed by atoms with Gasteiger partial charge in [-0.1, -0.05) is 323 Å². The van der Waals surface area contributed by atoms with Crippen molar-refractivity contribution in [1.29, 1.82) is 0 Å². The van der Waals surface area contributed by atoms with Gasteiger partial charge in [-0.2, -0.15) is 0 Å². The highest BCUT2D eigenvalue weighted by atomic mass is 16.6. The first-order chi connectivity index (χ1) is 33.5. The van der Waals surface area contributed by atoms with Crippen LogP contribution < -0.4 is 0 Å². The Morgan fingerprint density at radius 3 is 0.588 bits per heavy atom. The van der Waals surface area contributed by atoms with E-state index in [-0.39, 0.29) is 31.1 Å². The third-order valence-corrected chi connectivity index (χ3v) is 14.4. The smallest absolute Gasteiger partial charge is 0.306 e. The Bertz CT molecular complexity index is 1010. The summed E-state index contributed by atoms with van der Waals surface area (Å²) >= 11 is 0. The standard InChI is InChI=1S/C62H120O6/c1-4-7-10-13-16-19-22-25-28-30-31-32-35-37-40-43-46-49-52-55-61(64)67-58-59(57-66-60(63)54-51-48-45-42-39-36-33-27-24-21-18-15-12-9-6-3)68-62(65)56-53-50-47-44-41-38-34-29-26-23-20-17-14-11-8-5-2/h59H,4-58H2,1-3H3. The highest BCUT2D eigenvalue weighted by molar-refractivity contribution is 5.71. The maximum Gasteiger partial charge on any atom is 0.306 e. The summed E-state index contributed by atoms with van der Waals surface area (Å²) in [7, 11) is 0. The molecule has 0 aliphatic carbocycles. The zero-order valence-corrected chi connectivity index (χ0v) is 46.4. The van der Waals surface area contributed by atoms with Crippen molar-refractivity contribution >= 4 is 17.9 Å². The molecule has 404 valence electrons. The number of hydrogen-bond acceptors (Lipinski definition) is 6. The van der Waals surface area contributed by atoms with Gasteiger partial charge in [0.2, 0.25) is 0 Å². The maximum absolute atomic E-state index is 12.9. The fourth-order valence-corrected chi connectivity index (χ4v) is 9.68. The average molecular weight is 962 g/mol. The Hall–Kier alpha value is -1.59. The Balaban J connectivity index is 4.27. The van der Waals surface area contributed by atoms with Gasteiger partial charge >= 0.3 is 17.9 Å². The van der Waals surface area contributed by atoms with Crippen LogP contribution in [0.1, 0.15) is 361 Å². The Kier molecular flexibility index (Phi) is 56.6. The van der Waals surface area contributed by atoms with Gasteiger partial charge in [0, 0.05) is 19.3 Å². The van der Waals surface area contributed by atoms with Gasteiger partial charge in [0.05, 0.1) is 0 Å². The molecule has 0 spiro atoms. The molecule has 0 N–H and O–H groups in total. The molecule has 68 heavy (non-hydrogen) atoms. The summed E-state index contributed by atoms with van der Waals surface area (Å²) in [5.41, 5.74) is 0. The monoisotopic (exact) mass is 961 g/mol. The second kappa shape index (κ2) is 58.0. The lowest BCUT2D eigenvalue weighted by Crippen LogP contribution is -2.30. The first-order valence-electron chi connectivity index (χ1n) is 31.0. The Labute approximate surface area is 425 Å². The first kappa shape index (κ1) is 66.4. The average Bonchev–Trinajstić information content (AvgIpc) is 3.34. The molecule has 6 heteroatoms. The quantitative estimate of drug-likeness (QED) is 0.0343. The summed E-state index contributed by atoms with van der Waals surface area (Å²) in [4.78, 5) is 38.2. The molecule has 0 saturated carbocycles. The topological polar surface area (TPSA) is 78.9 Å². The van der Waals surface area contributed by atoms with Gasteiger partial charge in [-0.3, -0.25) is 14.4 Å². The minimum atomic E-state index is -0.761. The third kappa shape index (κ3) is 55.3. The van der Waals surface area contributed by atoms with E-state index in [1.165, 1.54) is 263 Å². The van der Waals surface area contributed by atoms with E-state index in [1.54, 1.807) is 0 Å². The number of carbonyl (C=O) groups is 3. The van der Waals surface area contributed by atoms with Crippen LogP contribution in [0, 0.1) is 0 Å². The molecule has 0 fully saturated rings. The second-order valence-electron chi connectivity index (χ2n) is 21.3. The van der Waals surface area contributed by atoms with Crippen LogP contribution in [-0.2, 0) is 28.6 Å². The van der Waals surface area contributed by atoms with Crippen LogP contribution >= 0.6 is 0 Å². The van der Waals surface area contributed by atoms with E-state index < -0.39 is 6.10 Å². The van der Waals surface area contributed by atoms with Crippen molar-refractivity contribution in [2.45, 2.75) is 367 Å². The van der Waals surface area contributed by atoms with Gasteiger partial charge in [-0.25, -0.2) is 0 Å². The fraction of sp³-hybridized carbons (Fsp3) is 0.952. The van der Waals surface area contributed by atoms with E-state index in [2.05, 4.69) is 20.8 Å². The predicted molar refractivity (Wildman–Crippen MR) is 294 cm³/mol. The van der Waals surface area contributed by atoms with E-state index in [0.29, 0.717) is 19.3 Å². The SMILES string of the molecule is CCCCCCCCCCCCCCCCCCCCCC(=O)OCC(COC(=O)CCCCCCCCCCCCCCCCC)OC(=O)CCCCCCCCCCCCCCCCCC. The molecule has 0 aliphatic heterocycles. The minimum Gasteiger partial charge on any atom is -0.462 e. The van der Waals surface area contributed by atoms with Crippen LogP contribution in [0.3, 0.4) is 0 Å². The van der Waals surface area contributed by atoms with Gasteiger partial charge in [-0.05, 0) is 19.3 Å². The van der Waals surface area contributed by atoms with Gasteiger partial charge < -0.3 is 14.2 Å². The fourth-order valence-electron chi connectivity index (χ4n) is 9.68. The van der Waals surface area contributed by atoms with Gasteiger partial charge in [0.25, 0.3) is 0 Å². The first-order valence-corrected chi connectivity index (χ1v) is 31.0. The van der Waals surface area contributed by atoms with E-state index >= 15 is 0 Å².